The van der Waals surface area contributed by atoms with Crippen molar-refractivity contribution in [1.82, 2.24) is 15.3 Å². The fourth-order valence-electron chi connectivity index (χ4n) is 3.43. The van der Waals surface area contributed by atoms with Crippen LogP contribution in [0.2, 0.25) is 0 Å². The van der Waals surface area contributed by atoms with Gasteiger partial charge in [-0.05, 0) is 30.7 Å². The molecule has 0 aliphatic carbocycles. The molecule has 2 aromatic carbocycles. The van der Waals surface area contributed by atoms with Crippen molar-refractivity contribution in [2.24, 2.45) is 0 Å². The third-order valence-electron chi connectivity index (χ3n) is 4.66. The molecule has 2 heterocycles. The maximum atomic E-state index is 15.3. The molecule has 1 aromatic heterocycles. The number of rotatable bonds is 2. The van der Waals surface area contributed by atoms with Crippen LogP contribution in [-0.4, -0.2) is 36.1 Å². The van der Waals surface area contributed by atoms with Crippen LogP contribution < -0.4 is 10.2 Å². The number of anilines is 1. The van der Waals surface area contributed by atoms with E-state index in [-0.39, 0.29) is 16.6 Å². The number of hydrogen-bond donors (Lipinski definition) is 1. The Kier molecular flexibility index (Phi) is 4.24. The summed E-state index contributed by atoms with van der Waals surface area (Å²) in [6, 6.07) is 4.90. The van der Waals surface area contributed by atoms with Crippen LogP contribution in [0, 0.1) is 24.4 Å². The van der Waals surface area contributed by atoms with Crippen molar-refractivity contribution < 1.29 is 13.2 Å². The summed E-state index contributed by atoms with van der Waals surface area (Å²) in [7, 11) is 0. The Morgan fingerprint density at radius 3 is 2.54 bits per heavy atom. The second kappa shape index (κ2) is 6.57. The first kappa shape index (κ1) is 16.8. The van der Waals surface area contributed by atoms with Crippen molar-refractivity contribution >= 4 is 16.7 Å². The summed E-state index contributed by atoms with van der Waals surface area (Å²) in [6.45, 7) is 4.88. The molecular weight excluding hydrogens is 341 g/mol. The molecule has 1 fully saturated rings. The zero-order valence-corrected chi connectivity index (χ0v) is 14.2. The van der Waals surface area contributed by atoms with Gasteiger partial charge in [0.2, 0.25) is 0 Å². The molecule has 1 N–H and O–H groups in total. The summed E-state index contributed by atoms with van der Waals surface area (Å²) in [4.78, 5) is 10.5. The Balaban J connectivity index is 1.92. The maximum Gasteiger partial charge on any atom is 0.157 e. The van der Waals surface area contributed by atoms with E-state index in [0.29, 0.717) is 16.8 Å². The second-order valence-corrected chi connectivity index (χ2v) is 6.34. The van der Waals surface area contributed by atoms with Gasteiger partial charge in [0.15, 0.2) is 5.82 Å². The molecule has 1 saturated heterocycles. The average Bonchev–Trinajstić information content (AvgIpc) is 2.64. The largest absolute Gasteiger partial charge is 0.353 e. The molecule has 1 aliphatic rings. The van der Waals surface area contributed by atoms with Gasteiger partial charge < -0.3 is 10.2 Å². The fourth-order valence-corrected chi connectivity index (χ4v) is 3.43. The highest BCUT2D eigenvalue weighted by Crippen LogP contribution is 2.35. The molecule has 4 rings (SSSR count). The van der Waals surface area contributed by atoms with Gasteiger partial charge >= 0.3 is 0 Å². The van der Waals surface area contributed by atoms with E-state index in [1.54, 1.807) is 13.0 Å². The number of nitrogens with zero attached hydrogens (tertiary/aromatic N) is 3. The number of fused-ring (bicyclic) bond motifs is 1. The number of aryl methyl sites for hydroxylation is 1. The summed E-state index contributed by atoms with van der Waals surface area (Å²) in [5, 5.41) is 3.86. The number of nitrogens with one attached hydrogen (secondary N) is 1. The van der Waals surface area contributed by atoms with Gasteiger partial charge in [-0.1, -0.05) is 0 Å². The molecule has 1 aliphatic heterocycles. The van der Waals surface area contributed by atoms with Crippen molar-refractivity contribution in [1.29, 1.82) is 0 Å². The van der Waals surface area contributed by atoms with E-state index >= 15 is 4.39 Å². The fraction of sp³-hybridized carbons (Fsp3) is 0.263. The van der Waals surface area contributed by atoms with Crippen molar-refractivity contribution in [2.75, 3.05) is 31.1 Å². The molecule has 7 heteroatoms. The highest BCUT2D eigenvalue weighted by molar-refractivity contribution is 5.94. The summed E-state index contributed by atoms with van der Waals surface area (Å²) in [5.74, 6) is -1.45. The van der Waals surface area contributed by atoms with Crippen molar-refractivity contribution in [3.8, 4) is 11.1 Å². The van der Waals surface area contributed by atoms with Crippen molar-refractivity contribution in [3.05, 3.63) is 53.6 Å². The van der Waals surface area contributed by atoms with Crippen LogP contribution in [0.15, 0.2) is 30.6 Å². The smallest absolute Gasteiger partial charge is 0.157 e. The molecule has 0 bridgehead atoms. The molecule has 0 spiro atoms. The SMILES string of the molecule is Cc1cc2c(N3CCNCC3)ncnc2c(F)c1-c1ccc(F)cc1F. The van der Waals surface area contributed by atoms with E-state index in [1.165, 1.54) is 12.4 Å². The minimum atomic E-state index is -0.803. The first-order chi connectivity index (χ1) is 12.6. The Hall–Kier alpha value is -2.67. The highest BCUT2D eigenvalue weighted by Gasteiger charge is 2.21. The van der Waals surface area contributed by atoms with E-state index in [2.05, 4.69) is 20.2 Å². The van der Waals surface area contributed by atoms with Gasteiger partial charge in [0.25, 0.3) is 0 Å². The third-order valence-corrected chi connectivity index (χ3v) is 4.66. The minimum Gasteiger partial charge on any atom is -0.353 e. The van der Waals surface area contributed by atoms with Crippen LogP contribution in [0.4, 0.5) is 19.0 Å². The van der Waals surface area contributed by atoms with Crippen LogP contribution >= 0.6 is 0 Å². The van der Waals surface area contributed by atoms with Crippen LogP contribution in [0.25, 0.3) is 22.0 Å². The zero-order valence-electron chi connectivity index (χ0n) is 14.2. The Morgan fingerprint density at radius 1 is 1.04 bits per heavy atom. The predicted molar refractivity (Wildman–Crippen MR) is 94.7 cm³/mol. The molecule has 4 nitrogen and oxygen atoms in total. The minimum absolute atomic E-state index is 0.0191. The number of piperazine rings is 1. The topological polar surface area (TPSA) is 41.0 Å². The van der Waals surface area contributed by atoms with Crippen LogP contribution in [0.5, 0.6) is 0 Å². The molecule has 0 amide bonds. The van der Waals surface area contributed by atoms with E-state index in [4.69, 9.17) is 0 Å². The van der Waals surface area contributed by atoms with Crippen molar-refractivity contribution in [3.63, 3.8) is 0 Å². The van der Waals surface area contributed by atoms with Crippen LogP contribution in [0.3, 0.4) is 0 Å². The zero-order chi connectivity index (χ0) is 18.3. The lowest BCUT2D eigenvalue weighted by Gasteiger charge is -2.29. The third kappa shape index (κ3) is 2.78. The Morgan fingerprint density at radius 2 is 1.81 bits per heavy atom. The van der Waals surface area contributed by atoms with Gasteiger partial charge in [-0.3, -0.25) is 0 Å². The average molecular weight is 358 g/mol. The number of aromatic nitrogens is 2. The summed E-state index contributed by atoms with van der Waals surface area (Å²) < 4.78 is 42.7. The molecular formula is C19H17F3N4. The van der Waals surface area contributed by atoms with Gasteiger partial charge in [-0.15, -0.1) is 0 Å². The lowest BCUT2D eigenvalue weighted by Crippen LogP contribution is -2.44. The summed E-state index contributed by atoms with van der Waals surface area (Å²) in [6.07, 6.45) is 1.32. The number of hydrogen-bond acceptors (Lipinski definition) is 4. The molecule has 0 saturated carbocycles. The molecule has 0 unspecified atom stereocenters. The molecule has 0 radical (unpaired) electrons. The monoisotopic (exact) mass is 358 g/mol. The lowest BCUT2D eigenvalue weighted by molar-refractivity contribution is 0.582. The first-order valence-electron chi connectivity index (χ1n) is 8.41. The lowest BCUT2D eigenvalue weighted by atomic mass is 9.97. The van der Waals surface area contributed by atoms with Gasteiger partial charge in [0.1, 0.15) is 29.3 Å². The Labute approximate surface area is 148 Å². The van der Waals surface area contributed by atoms with E-state index in [1.807, 2.05) is 0 Å². The van der Waals surface area contributed by atoms with Crippen LogP contribution in [-0.2, 0) is 0 Å². The van der Waals surface area contributed by atoms with Gasteiger partial charge in [-0.25, -0.2) is 23.1 Å². The van der Waals surface area contributed by atoms with Gasteiger partial charge in [-0.2, -0.15) is 0 Å². The van der Waals surface area contributed by atoms with E-state index in [0.717, 1.165) is 38.3 Å². The number of halogens is 3. The first-order valence-corrected chi connectivity index (χ1v) is 8.41. The maximum absolute atomic E-state index is 15.3. The molecule has 26 heavy (non-hydrogen) atoms. The van der Waals surface area contributed by atoms with Gasteiger partial charge in [0, 0.05) is 48.8 Å². The van der Waals surface area contributed by atoms with E-state index in [9.17, 15) is 8.78 Å². The van der Waals surface area contributed by atoms with Crippen molar-refractivity contribution in [2.45, 2.75) is 6.92 Å². The molecule has 134 valence electrons. The van der Waals surface area contributed by atoms with Gasteiger partial charge in [0.05, 0.1) is 0 Å². The standard InChI is InChI=1S/C19H17F3N4/c1-11-8-14-18(24-10-25-19(14)26-6-4-23-5-7-26)17(22)16(11)13-3-2-12(20)9-15(13)21/h2-3,8-10,23H,4-7H2,1H3. The second-order valence-electron chi connectivity index (χ2n) is 6.34. The normalized spacial score (nSPS) is 14.8. The van der Waals surface area contributed by atoms with Crippen LogP contribution in [0.1, 0.15) is 5.56 Å². The number of benzene rings is 2. The highest BCUT2D eigenvalue weighted by atomic mass is 19.1. The Bertz CT molecular complexity index is 984. The quantitative estimate of drug-likeness (QED) is 0.762. The summed E-state index contributed by atoms with van der Waals surface area (Å²) in [5.41, 5.74) is 0.801. The summed E-state index contributed by atoms with van der Waals surface area (Å²) >= 11 is 0. The predicted octanol–water partition coefficient (Wildman–Crippen LogP) is 3.43. The molecule has 0 atom stereocenters. The van der Waals surface area contributed by atoms with E-state index < -0.39 is 17.5 Å². The molecule has 3 aromatic rings.